The summed E-state index contributed by atoms with van der Waals surface area (Å²) >= 11 is 0. The minimum atomic E-state index is -0.444. The normalized spacial score (nSPS) is 10.8. The number of rotatable bonds is 8. The third kappa shape index (κ3) is 5.22. The molecule has 0 fully saturated rings. The maximum Gasteiger partial charge on any atom is 0.310 e. The average Bonchev–Trinajstić information content (AvgIpc) is 3.06. The molecule has 0 bridgehead atoms. The van der Waals surface area contributed by atoms with Crippen LogP contribution in [0.3, 0.4) is 0 Å². The van der Waals surface area contributed by atoms with E-state index in [0.29, 0.717) is 6.54 Å². The van der Waals surface area contributed by atoms with Crippen molar-refractivity contribution in [3.8, 4) is 0 Å². The molecule has 3 aromatic rings. The predicted octanol–water partition coefficient (Wildman–Crippen LogP) is 3.88. The van der Waals surface area contributed by atoms with Gasteiger partial charge < -0.3 is 14.5 Å². The molecule has 0 saturated carbocycles. The highest BCUT2D eigenvalue weighted by Crippen LogP contribution is 2.25. The molecule has 0 aliphatic carbocycles. The highest BCUT2D eigenvalue weighted by Gasteiger charge is 2.14. The quantitative estimate of drug-likeness (QED) is 0.476. The molecule has 1 heterocycles. The van der Waals surface area contributed by atoms with Gasteiger partial charge in [0.05, 0.1) is 12.7 Å². The number of carbonyl (C=O) groups excluding carboxylic acids is 2. The molecular weight excluding hydrogens is 354 g/mol. The molecule has 0 atom stereocenters. The molecule has 5 nitrogen and oxygen atoms in total. The summed E-state index contributed by atoms with van der Waals surface area (Å²) in [4.78, 5) is 23.9. The number of aryl methyl sites for hydroxylation is 3. The number of fused-ring (bicyclic) bond motifs is 1. The van der Waals surface area contributed by atoms with Crippen LogP contribution in [0.2, 0.25) is 0 Å². The van der Waals surface area contributed by atoms with E-state index in [1.807, 2.05) is 44.2 Å². The maximum atomic E-state index is 12.1. The van der Waals surface area contributed by atoms with Crippen LogP contribution in [0.15, 0.2) is 53.1 Å². The Hall–Kier alpha value is -3.08. The van der Waals surface area contributed by atoms with Crippen LogP contribution in [0.4, 0.5) is 0 Å². The lowest BCUT2D eigenvalue weighted by molar-refractivity contribution is -0.147. The number of benzene rings is 2. The van der Waals surface area contributed by atoms with Gasteiger partial charge >= 0.3 is 5.97 Å². The van der Waals surface area contributed by atoms with Crippen molar-refractivity contribution in [2.75, 3.05) is 13.2 Å². The monoisotopic (exact) mass is 379 g/mol. The minimum absolute atomic E-state index is 0.0801. The summed E-state index contributed by atoms with van der Waals surface area (Å²) < 4.78 is 10.6. The highest BCUT2D eigenvalue weighted by molar-refractivity contribution is 5.87. The van der Waals surface area contributed by atoms with Crippen LogP contribution in [0.1, 0.15) is 28.7 Å². The summed E-state index contributed by atoms with van der Waals surface area (Å²) in [6, 6.07) is 14.1. The van der Waals surface area contributed by atoms with E-state index in [0.717, 1.165) is 40.5 Å². The first-order valence-electron chi connectivity index (χ1n) is 9.46. The van der Waals surface area contributed by atoms with E-state index >= 15 is 0 Å². The highest BCUT2D eigenvalue weighted by atomic mass is 16.5. The van der Waals surface area contributed by atoms with Crippen molar-refractivity contribution < 1.29 is 18.7 Å². The lowest BCUT2D eigenvalue weighted by Crippen LogP contribution is -2.30. The largest absolute Gasteiger partial charge is 0.464 e. The summed E-state index contributed by atoms with van der Waals surface area (Å²) in [5.74, 6) is -0.731. The summed E-state index contributed by atoms with van der Waals surface area (Å²) in [6.45, 7) is 4.32. The van der Waals surface area contributed by atoms with Gasteiger partial charge in [-0.1, -0.05) is 30.3 Å². The Morgan fingerprint density at radius 3 is 2.61 bits per heavy atom. The second-order valence-corrected chi connectivity index (χ2v) is 6.97. The number of ether oxygens (including phenoxy) is 1. The molecule has 146 valence electrons. The van der Waals surface area contributed by atoms with E-state index in [-0.39, 0.29) is 18.9 Å². The van der Waals surface area contributed by atoms with E-state index in [1.165, 1.54) is 5.56 Å². The van der Waals surface area contributed by atoms with E-state index in [9.17, 15) is 9.59 Å². The van der Waals surface area contributed by atoms with E-state index < -0.39 is 5.97 Å². The van der Waals surface area contributed by atoms with Gasteiger partial charge in [0.1, 0.15) is 5.58 Å². The number of furan rings is 1. The van der Waals surface area contributed by atoms with Gasteiger partial charge in [-0.15, -0.1) is 0 Å². The number of carbonyl (C=O) groups is 2. The molecule has 1 amide bonds. The first-order valence-corrected chi connectivity index (χ1v) is 9.46. The summed E-state index contributed by atoms with van der Waals surface area (Å²) in [5.41, 5.74) is 5.03. The van der Waals surface area contributed by atoms with Crippen LogP contribution in [0, 0.1) is 13.8 Å². The van der Waals surface area contributed by atoms with Crippen LogP contribution < -0.4 is 5.32 Å². The van der Waals surface area contributed by atoms with Gasteiger partial charge in [-0.05, 0) is 55.5 Å². The van der Waals surface area contributed by atoms with Crippen LogP contribution in [0.25, 0.3) is 11.0 Å². The zero-order chi connectivity index (χ0) is 19.9. The van der Waals surface area contributed by atoms with E-state index in [1.54, 1.807) is 6.26 Å². The summed E-state index contributed by atoms with van der Waals surface area (Å²) in [6.07, 6.45) is 3.39. The zero-order valence-corrected chi connectivity index (χ0v) is 16.3. The zero-order valence-electron chi connectivity index (χ0n) is 16.3. The third-order valence-corrected chi connectivity index (χ3v) is 4.78. The van der Waals surface area contributed by atoms with Crippen molar-refractivity contribution in [2.24, 2.45) is 0 Å². The third-order valence-electron chi connectivity index (χ3n) is 4.78. The lowest BCUT2D eigenvalue weighted by atomic mass is 10.0. The fourth-order valence-corrected chi connectivity index (χ4v) is 3.04. The predicted molar refractivity (Wildman–Crippen MR) is 108 cm³/mol. The van der Waals surface area contributed by atoms with Crippen LogP contribution in [-0.4, -0.2) is 25.0 Å². The number of hydrogen-bond donors (Lipinski definition) is 1. The first kappa shape index (κ1) is 19.7. The minimum Gasteiger partial charge on any atom is -0.464 e. The molecule has 28 heavy (non-hydrogen) atoms. The lowest BCUT2D eigenvalue weighted by Gasteiger charge is -2.07. The van der Waals surface area contributed by atoms with Crippen molar-refractivity contribution in [1.29, 1.82) is 0 Å². The SMILES string of the molecule is Cc1cc2occ(CC(=O)OCC(=O)NCCCc3ccccc3)c2cc1C. The van der Waals surface area contributed by atoms with Gasteiger partial charge in [-0.25, -0.2) is 0 Å². The van der Waals surface area contributed by atoms with E-state index in [4.69, 9.17) is 9.15 Å². The van der Waals surface area contributed by atoms with Crippen LogP contribution in [-0.2, 0) is 27.2 Å². The molecular formula is C23H25NO4. The Labute approximate surface area is 164 Å². The smallest absolute Gasteiger partial charge is 0.310 e. The van der Waals surface area contributed by atoms with Gasteiger partial charge in [-0.2, -0.15) is 0 Å². The number of esters is 1. The Morgan fingerprint density at radius 1 is 1.07 bits per heavy atom. The van der Waals surface area contributed by atoms with Gasteiger partial charge in [0.25, 0.3) is 5.91 Å². The van der Waals surface area contributed by atoms with Crippen LogP contribution >= 0.6 is 0 Å². The molecule has 0 unspecified atom stereocenters. The summed E-state index contributed by atoms with van der Waals surface area (Å²) in [7, 11) is 0. The van der Waals surface area contributed by atoms with Gasteiger partial charge in [-0.3, -0.25) is 9.59 Å². The fourth-order valence-electron chi connectivity index (χ4n) is 3.04. The second-order valence-electron chi connectivity index (χ2n) is 6.97. The van der Waals surface area contributed by atoms with Crippen molar-refractivity contribution in [1.82, 2.24) is 5.32 Å². The average molecular weight is 379 g/mol. The maximum absolute atomic E-state index is 12.1. The number of nitrogens with one attached hydrogen (secondary N) is 1. The molecule has 2 aromatic carbocycles. The van der Waals surface area contributed by atoms with Crippen LogP contribution in [0.5, 0.6) is 0 Å². The Kier molecular flexibility index (Phi) is 6.48. The molecule has 0 aliphatic rings. The first-order chi connectivity index (χ1) is 13.5. The Balaban J connectivity index is 1.40. The van der Waals surface area contributed by atoms with Crippen molar-refractivity contribution in [2.45, 2.75) is 33.1 Å². The summed E-state index contributed by atoms with van der Waals surface area (Å²) in [5, 5.41) is 3.68. The number of amides is 1. The molecule has 0 saturated heterocycles. The molecule has 0 spiro atoms. The number of hydrogen-bond acceptors (Lipinski definition) is 4. The Bertz CT molecular complexity index is 959. The van der Waals surface area contributed by atoms with Gasteiger partial charge in [0, 0.05) is 17.5 Å². The molecule has 1 N–H and O–H groups in total. The Morgan fingerprint density at radius 2 is 1.82 bits per heavy atom. The van der Waals surface area contributed by atoms with E-state index in [2.05, 4.69) is 17.4 Å². The van der Waals surface area contributed by atoms with Crippen molar-refractivity contribution in [3.05, 3.63) is 71.0 Å². The molecule has 5 heteroatoms. The van der Waals surface area contributed by atoms with Gasteiger partial charge in [0.2, 0.25) is 0 Å². The molecule has 3 rings (SSSR count). The van der Waals surface area contributed by atoms with Crippen molar-refractivity contribution >= 4 is 22.8 Å². The fraction of sp³-hybridized carbons (Fsp3) is 0.304. The standard InChI is InChI=1S/C23H25NO4/c1-16-11-20-19(14-27-21(20)12-17(16)2)13-23(26)28-15-22(25)24-10-6-9-18-7-4-3-5-8-18/h3-5,7-8,11-12,14H,6,9-10,13,15H2,1-2H3,(H,24,25). The molecule has 0 aliphatic heterocycles. The molecule has 0 radical (unpaired) electrons. The second kappa shape index (κ2) is 9.22. The van der Waals surface area contributed by atoms with Gasteiger partial charge in [0.15, 0.2) is 6.61 Å². The molecule has 1 aromatic heterocycles. The topological polar surface area (TPSA) is 68.5 Å². The van der Waals surface area contributed by atoms with Crippen molar-refractivity contribution in [3.63, 3.8) is 0 Å².